The number of furan rings is 1. The lowest BCUT2D eigenvalue weighted by molar-refractivity contribution is 0.0658. The van der Waals surface area contributed by atoms with E-state index in [1.165, 1.54) is 18.4 Å². The summed E-state index contributed by atoms with van der Waals surface area (Å²) in [5, 5.41) is 9.26. The molecule has 5 aromatic rings. The SMILES string of the molecule is O=C(O)c1ccc(COc2ccc3c(=O)c(Oc4ccc(-c5ccccc5)cc4)coc3c2)o1. The average Bonchev–Trinajstić information content (AvgIpc) is 3.35. The third kappa shape index (κ3) is 4.40. The van der Waals surface area contributed by atoms with E-state index in [1.807, 2.05) is 42.5 Å². The number of ether oxygens (including phenoxy) is 2. The molecule has 7 nitrogen and oxygen atoms in total. The monoisotopic (exact) mass is 454 g/mol. The Balaban J connectivity index is 1.31. The molecule has 0 aliphatic heterocycles. The van der Waals surface area contributed by atoms with Crippen LogP contribution in [0.15, 0.2) is 105 Å². The minimum absolute atomic E-state index is 0.0309. The van der Waals surface area contributed by atoms with Gasteiger partial charge in [0, 0.05) is 6.07 Å². The molecular formula is C27H18O7. The molecule has 0 saturated heterocycles. The van der Waals surface area contributed by atoms with Crippen LogP contribution in [0.5, 0.6) is 17.2 Å². The predicted molar refractivity (Wildman–Crippen MR) is 124 cm³/mol. The molecule has 0 spiro atoms. The van der Waals surface area contributed by atoms with Crippen LogP contribution in [0.4, 0.5) is 0 Å². The lowest BCUT2D eigenvalue weighted by Crippen LogP contribution is -2.05. The summed E-state index contributed by atoms with van der Waals surface area (Å²) in [4.78, 5) is 23.8. The van der Waals surface area contributed by atoms with E-state index in [-0.39, 0.29) is 23.5 Å². The summed E-state index contributed by atoms with van der Waals surface area (Å²) < 4.78 is 22.2. The zero-order valence-corrected chi connectivity index (χ0v) is 17.8. The van der Waals surface area contributed by atoms with Gasteiger partial charge in [-0.05, 0) is 47.5 Å². The van der Waals surface area contributed by atoms with E-state index < -0.39 is 5.97 Å². The first-order valence-corrected chi connectivity index (χ1v) is 10.4. The number of benzene rings is 3. The Morgan fingerprint density at radius 3 is 2.32 bits per heavy atom. The van der Waals surface area contributed by atoms with E-state index in [1.54, 1.807) is 30.3 Å². The van der Waals surface area contributed by atoms with E-state index in [9.17, 15) is 9.59 Å². The molecule has 5 rings (SSSR count). The van der Waals surface area contributed by atoms with Crippen molar-refractivity contribution in [3.05, 3.63) is 113 Å². The normalized spacial score (nSPS) is 10.8. The highest BCUT2D eigenvalue weighted by Crippen LogP contribution is 2.27. The molecule has 2 heterocycles. The maximum Gasteiger partial charge on any atom is 0.371 e. The van der Waals surface area contributed by atoms with Gasteiger partial charge in [0.15, 0.2) is 0 Å². The summed E-state index contributed by atoms with van der Waals surface area (Å²) in [7, 11) is 0. The van der Waals surface area contributed by atoms with Crippen molar-refractivity contribution in [3.8, 4) is 28.4 Å². The lowest BCUT2D eigenvalue weighted by Gasteiger charge is -2.08. The zero-order valence-electron chi connectivity index (χ0n) is 17.8. The number of carbonyl (C=O) groups is 1. The van der Waals surface area contributed by atoms with E-state index >= 15 is 0 Å². The maximum absolute atomic E-state index is 12.9. The fourth-order valence-corrected chi connectivity index (χ4v) is 3.45. The molecule has 0 unspecified atom stereocenters. The molecule has 0 saturated carbocycles. The van der Waals surface area contributed by atoms with Gasteiger partial charge in [0.2, 0.25) is 16.9 Å². The molecule has 0 atom stereocenters. The Morgan fingerprint density at radius 2 is 1.59 bits per heavy atom. The molecule has 34 heavy (non-hydrogen) atoms. The molecule has 0 radical (unpaired) electrons. The smallest absolute Gasteiger partial charge is 0.371 e. The van der Waals surface area contributed by atoms with Gasteiger partial charge in [-0.2, -0.15) is 0 Å². The second-order valence-corrected chi connectivity index (χ2v) is 7.44. The van der Waals surface area contributed by atoms with Crippen LogP contribution in [0.3, 0.4) is 0 Å². The molecule has 7 heteroatoms. The van der Waals surface area contributed by atoms with Crippen LogP contribution in [0.1, 0.15) is 16.3 Å². The van der Waals surface area contributed by atoms with Gasteiger partial charge in [-0.25, -0.2) is 4.79 Å². The van der Waals surface area contributed by atoms with Gasteiger partial charge < -0.3 is 23.4 Å². The Bertz CT molecular complexity index is 1510. The molecule has 2 aromatic heterocycles. The predicted octanol–water partition coefficient (Wildman–Crippen LogP) is 6.12. The van der Waals surface area contributed by atoms with Crippen molar-refractivity contribution in [2.24, 2.45) is 0 Å². The lowest BCUT2D eigenvalue weighted by atomic mass is 10.1. The second-order valence-electron chi connectivity index (χ2n) is 7.44. The van der Waals surface area contributed by atoms with Crippen molar-refractivity contribution in [3.63, 3.8) is 0 Å². The van der Waals surface area contributed by atoms with E-state index in [4.69, 9.17) is 23.4 Å². The summed E-state index contributed by atoms with van der Waals surface area (Å²) in [6, 6.07) is 25.1. The highest BCUT2D eigenvalue weighted by atomic mass is 16.5. The van der Waals surface area contributed by atoms with Gasteiger partial charge in [0.25, 0.3) is 0 Å². The molecule has 3 aromatic carbocycles. The van der Waals surface area contributed by atoms with Gasteiger partial charge >= 0.3 is 5.97 Å². The zero-order chi connectivity index (χ0) is 23.5. The van der Waals surface area contributed by atoms with Crippen LogP contribution < -0.4 is 14.9 Å². The Morgan fingerprint density at radius 1 is 0.853 bits per heavy atom. The highest BCUT2D eigenvalue weighted by molar-refractivity contribution is 5.84. The number of hydrogen-bond acceptors (Lipinski definition) is 6. The average molecular weight is 454 g/mol. The van der Waals surface area contributed by atoms with Gasteiger partial charge in [-0.1, -0.05) is 42.5 Å². The summed E-state index contributed by atoms with van der Waals surface area (Å²) in [5.41, 5.74) is 2.16. The van der Waals surface area contributed by atoms with Crippen LogP contribution in [-0.4, -0.2) is 11.1 Å². The van der Waals surface area contributed by atoms with Gasteiger partial charge in [0.05, 0.1) is 5.39 Å². The topological polar surface area (TPSA) is 99.1 Å². The molecule has 0 aliphatic rings. The molecule has 168 valence electrons. The van der Waals surface area contributed by atoms with Crippen molar-refractivity contribution < 1.29 is 28.2 Å². The van der Waals surface area contributed by atoms with Crippen molar-refractivity contribution in [2.75, 3.05) is 0 Å². The van der Waals surface area contributed by atoms with Crippen molar-refractivity contribution in [1.29, 1.82) is 0 Å². The Labute approximate surface area is 193 Å². The van der Waals surface area contributed by atoms with Crippen LogP contribution in [0.25, 0.3) is 22.1 Å². The van der Waals surface area contributed by atoms with E-state index in [2.05, 4.69) is 0 Å². The standard InChI is InChI=1S/C27H18O7/c28-26-22-12-10-20(31-15-21-11-13-23(34-21)27(29)30)14-24(22)32-16-25(26)33-19-8-6-18(7-9-19)17-4-2-1-3-5-17/h1-14,16H,15H2,(H,29,30). The van der Waals surface area contributed by atoms with Gasteiger partial charge in [-0.3, -0.25) is 4.79 Å². The first kappa shape index (κ1) is 21.1. The number of carboxylic acid groups (broad SMARTS) is 1. The quantitative estimate of drug-likeness (QED) is 0.316. The van der Waals surface area contributed by atoms with Crippen molar-refractivity contribution in [1.82, 2.24) is 0 Å². The maximum atomic E-state index is 12.9. The number of aromatic carboxylic acids is 1. The molecule has 0 aliphatic carbocycles. The first-order chi connectivity index (χ1) is 16.6. The van der Waals surface area contributed by atoms with Gasteiger partial charge in [-0.15, -0.1) is 0 Å². The fourth-order valence-electron chi connectivity index (χ4n) is 3.45. The summed E-state index contributed by atoms with van der Waals surface area (Å²) >= 11 is 0. The van der Waals surface area contributed by atoms with Crippen LogP contribution in [0.2, 0.25) is 0 Å². The van der Waals surface area contributed by atoms with Gasteiger partial charge in [0.1, 0.15) is 35.7 Å². The molecule has 0 bridgehead atoms. The molecule has 1 N–H and O–H groups in total. The minimum Gasteiger partial charge on any atom is -0.486 e. The van der Waals surface area contributed by atoms with Crippen molar-refractivity contribution in [2.45, 2.75) is 6.61 Å². The Hall–Kier alpha value is -4.78. The number of hydrogen-bond donors (Lipinski definition) is 1. The van der Waals surface area contributed by atoms with E-state index in [0.717, 1.165) is 11.1 Å². The van der Waals surface area contributed by atoms with Crippen LogP contribution in [0, 0.1) is 0 Å². The summed E-state index contributed by atoms with van der Waals surface area (Å²) in [6.07, 6.45) is 1.27. The van der Waals surface area contributed by atoms with Crippen molar-refractivity contribution >= 4 is 16.9 Å². The number of carboxylic acids is 1. The molecule has 0 fully saturated rings. The number of fused-ring (bicyclic) bond motifs is 1. The molecule has 0 amide bonds. The third-order valence-electron chi connectivity index (χ3n) is 5.16. The highest BCUT2D eigenvalue weighted by Gasteiger charge is 2.12. The fraction of sp³-hybridized carbons (Fsp3) is 0.0370. The largest absolute Gasteiger partial charge is 0.486 e. The molecular weight excluding hydrogens is 436 g/mol. The Kier molecular flexibility index (Phi) is 5.58. The van der Waals surface area contributed by atoms with E-state index in [0.29, 0.717) is 28.2 Å². The summed E-state index contributed by atoms with van der Waals surface area (Å²) in [6.45, 7) is 0.0309. The first-order valence-electron chi connectivity index (χ1n) is 10.4. The number of rotatable bonds is 7. The van der Waals surface area contributed by atoms with Crippen LogP contribution >= 0.6 is 0 Å². The summed E-state index contributed by atoms with van der Waals surface area (Å²) in [5.74, 6) is 0.0835. The van der Waals surface area contributed by atoms with Crippen LogP contribution in [-0.2, 0) is 6.61 Å². The third-order valence-corrected chi connectivity index (χ3v) is 5.16. The minimum atomic E-state index is -1.15. The second kappa shape index (κ2) is 8.99.